The van der Waals surface area contributed by atoms with Crippen LogP contribution in [0.4, 0.5) is 0 Å². The van der Waals surface area contributed by atoms with Crippen LogP contribution in [0.2, 0.25) is 0 Å². The van der Waals surface area contributed by atoms with Gasteiger partial charge in [-0.1, -0.05) is 40.0 Å². The second-order valence-electron chi connectivity index (χ2n) is 4.37. The minimum Gasteiger partial charge on any atom is -0.857 e. The maximum atomic E-state index is 9.37. The Morgan fingerprint density at radius 1 is 1.15 bits per heavy atom. The largest absolute Gasteiger partial charge is 3.00 e. The molecule has 4 nitrogen and oxygen atoms in total. The van der Waals surface area contributed by atoms with Crippen LogP contribution in [0.25, 0.3) is 0 Å². The van der Waals surface area contributed by atoms with Crippen LogP contribution in [0.5, 0.6) is 0 Å². The van der Waals surface area contributed by atoms with Gasteiger partial charge in [0.25, 0.3) is 0 Å². The topological polar surface area (TPSA) is 83.4 Å². The first-order valence-electron chi connectivity index (χ1n) is 6.05. The molecule has 0 aromatic carbocycles. The summed E-state index contributed by atoms with van der Waals surface area (Å²) in [7, 11) is 1.50. The van der Waals surface area contributed by atoms with Gasteiger partial charge in [-0.2, -0.15) is 25.4 Å². The zero-order valence-electron chi connectivity index (χ0n) is 13.9. The maximum Gasteiger partial charge on any atom is 3.00 e. The molecule has 0 saturated heterocycles. The summed E-state index contributed by atoms with van der Waals surface area (Å²) in [5.74, 6) is -0.745. The van der Waals surface area contributed by atoms with Gasteiger partial charge in [-0.05, 0) is 0 Å². The normalized spacial score (nSPS) is 14.2. The molecule has 0 bridgehead atoms. The molecule has 0 aromatic heterocycles. The molecule has 0 heterocycles. The average Bonchev–Trinajstić information content (AvgIpc) is 2.57. The van der Waals surface area contributed by atoms with Crippen LogP contribution in [0, 0.1) is 11.5 Å². The number of allylic oxidation sites excluding steroid dienone is 4. The summed E-state index contributed by atoms with van der Waals surface area (Å²) in [4.78, 5) is 9.37. The van der Waals surface area contributed by atoms with Gasteiger partial charge in [-0.3, -0.25) is 10.9 Å². The van der Waals surface area contributed by atoms with Crippen LogP contribution in [-0.4, -0.2) is 25.3 Å². The van der Waals surface area contributed by atoms with E-state index < -0.39 is 5.97 Å². The number of carboxylic acids is 1. The standard InChI is InChI=1S/C10H15.C3H6O2.2CH3O.Ti/c1-7-6-10(4,5)9(3)8(7)2;1-2-3(4)5;2*1-2;/h1-5H3;2H2,1H3,(H,4,5);2*1H3;/q-1;;2*-1;+3. The van der Waals surface area contributed by atoms with E-state index in [1.54, 1.807) is 6.92 Å². The van der Waals surface area contributed by atoms with Crippen LogP contribution >= 0.6 is 0 Å². The molecule has 1 N–H and O–H groups in total. The molecule has 20 heavy (non-hydrogen) atoms. The van der Waals surface area contributed by atoms with Gasteiger partial charge < -0.3 is 15.3 Å². The summed E-state index contributed by atoms with van der Waals surface area (Å²) >= 11 is 0. The minimum atomic E-state index is -0.745. The van der Waals surface area contributed by atoms with Crippen LogP contribution in [-0.2, 0) is 26.5 Å². The maximum absolute atomic E-state index is 9.37. The van der Waals surface area contributed by atoms with Gasteiger partial charge in [0.2, 0.25) is 0 Å². The molecule has 115 valence electrons. The second kappa shape index (κ2) is 15.0. The number of hydrogen-bond donors (Lipinski definition) is 1. The van der Waals surface area contributed by atoms with E-state index in [9.17, 15) is 4.79 Å². The molecule has 1 radical (unpaired) electrons. The van der Waals surface area contributed by atoms with Gasteiger partial charge in [0, 0.05) is 6.42 Å². The van der Waals surface area contributed by atoms with Gasteiger partial charge in [0.1, 0.15) is 0 Å². The Bertz CT molecular complexity index is 318. The Morgan fingerprint density at radius 3 is 1.50 bits per heavy atom. The predicted octanol–water partition coefficient (Wildman–Crippen LogP) is 1.54. The van der Waals surface area contributed by atoms with E-state index in [2.05, 4.69) is 40.7 Å². The second-order valence-corrected chi connectivity index (χ2v) is 4.37. The quantitative estimate of drug-likeness (QED) is 0.587. The molecule has 1 aliphatic rings. The van der Waals surface area contributed by atoms with Crippen molar-refractivity contribution in [3.8, 4) is 0 Å². The molecule has 0 saturated carbocycles. The minimum absolute atomic E-state index is 0. The first-order valence-corrected chi connectivity index (χ1v) is 6.05. The number of carbonyl (C=O) groups is 1. The third-order valence-electron chi connectivity index (χ3n) is 2.86. The fraction of sp³-hybridized carbons (Fsp3) is 0.667. The van der Waals surface area contributed by atoms with E-state index in [0.29, 0.717) is 0 Å². The van der Waals surface area contributed by atoms with Gasteiger partial charge in [-0.25, -0.2) is 5.57 Å². The van der Waals surface area contributed by atoms with Crippen molar-refractivity contribution in [2.24, 2.45) is 5.41 Å². The van der Waals surface area contributed by atoms with Crippen molar-refractivity contribution in [3.63, 3.8) is 0 Å². The van der Waals surface area contributed by atoms with E-state index in [0.717, 1.165) is 14.2 Å². The van der Waals surface area contributed by atoms with E-state index in [-0.39, 0.29) is 33.6 Å². The Kier molecular flexibility index (Phi) is 20.9. The van der Waals surface area contributed by atoms with E-state index in [1.807, 2.05) is 0 Å². The van der Waals surface area contributed by atoms with Gasteiger partial charge in [0.05, 0.1) is 0 Å². The van der Waals surface area contributed by atoms with Gasteiger partial charge >= 0.3 is 27.7 Å². The third-order valence-corrected chi connectivity index (χ3v) is 2.86. The van der Waals surface area contributed by atoms with E-state index >= 15 is 0 Å². The molecular weight excluding hydrogens is 292 g/mol. The summed E-state index contributed by atoms with van der Waals surface area (Å²) in [6.45, 7) is 12.5. The van der Waals surface area contributed by atoms with Crippen molar-refractivity contribution in [2.45, 2.75) is 48.0 Å². The first-order chi connectivity index (χ1) is 8.72. The zero-order valence-corrected chi connectivity index (χ0v) is 15.4. The van der Waals surface area contributed by atoms with Gasteiger partial charge in [-0.15, -0.1) is 6.92 Å². The summed E-state index contributed by atoms with van der Waals surface area (Å²) in [5, 5.41) is 24.2. The van der Waals surface area contributed by atoms with Crippen LogP contribution in [0.3, 0.4) is 0 Å². The van der Waals surface area contributed by atoms with Crippen molar-refractivity contribution in [2.75, 3.05) is 14.2 Å². The molecule has 0 spiro atoms. The summed E-state index contributed by atoms with van der Waals surface area (Å²) < 4.78 is 0. The Balaban J connectivity index is -0.000000110. The van der Waals surface area contributed by atoms with Crippen LogP contribution in [0.1, 0.15) is 48.0 Å². The molecule has 0 aromatic rings. The summed E-state index contributed by atoms with van der Waals surface area (Å²) in [6.07, 6.45) is 3.66. The summed E-state index contributed by atoms with van der Waals surface area (Å²) in [5.41, 5.74) is 4.39. The number of carboxylic acid groups (broad SMARTS) is 1. The Labute approximate surface area is 138 Å². The van der Waals surface area contributed by atoms with Crippen molar-refractivity contribution >= 4 is 5.97 Å². The Hall–Kier alpha value is -0.416. The molecule has 0 unspecified atom stereocenters. The molecule has 0 aliphatic heterocycles. The van der Waals surface area contributed by atoms with Gasteiger partial charge in [0.15, 0.2) is 0 Å². The predicted molar refractivity (Wildman–Crippen MR) is 74.4 cm³/mol. The molecule has 0 fully saturated rings. The van der Waals surface area contributed by atoms with E-state index in [4.69, 9.17) is 15.3 Å². The SMILES string of the molecule is CC1=[C-]C(C)(C)C(C)=C1C.CCC(=O)O.C[O-].C[O-].[Ti+3]. The Morgan fingerprint density at radius 2 is 1.45 bits per heavy atom. The van der Waals surface area contributed by atoms with Crippen molar-refractivity contribution < 1.29 is 41.8 Å². The molecular formula is C15H27O4Ti. The third kappa shape index (κ3) is 11.4. The van der Waals surface area contributed by atoms with Crippen molar-refractivity contribution in [1.82, 2.24) is 0 Å². The van der Waals surface area contributed by atoms with E-state index in [1.165, 1.54) is 16.7 Å². The fourth-order valence-corrected chi connectivity index (χ4v) is 1.41. The van der Waals surface area contributed by atoms with Crippen LogP contribution in [0.15, 0.2) is 16.7 Å². The average molecular weight is 319 g/mol. The molecule has 0 atom stereocenters. The summed E-state index contributed by atoms with van der Waals surface area (Å²) in [6, 6.07) is 0. The van der Waals surface area contributed by atoms with Crippen molar-refractivity contribution in [1.29, 1.82) is 0 Å². The number of hydrogen-bond acceptors (Lipinski definition) is 3. The van der Waals surface area contributed by atoms with Crippen molar-refractivity contribution in [3.05, 3.63) is 22.8 Å². The smallest absolute Gasteiger partial charge is 0.857 e. The number of aliphatic carboxylic acids is 1. The fourth-order valence-electron chi connectivity index (χ4n) is 1.41. The molecule has 5 heteroatoms. The monoisotopic (exact) mass is 319 g/mol. The molecule has 0 amide bonds. The molecule has 1 aliphatic carbocycles. The first kappa shape index (κ1) is 27.9. The number of rotatable bonds is 1. The zero-order chi connectivity index (χ0) is 16.2. The molecule has 1 rings (SSSR count). The van der Waals surface area contributed by atoms with Crippen LogP contribution < -0.4 is 10.2 Å².